The van der Waals surface area contributed by atoms with E-state index in [1.165, 1.54) is 25.7 Å². The van der Waals surface area contributed by atoms with Gasteiger partial charge in [-0.3, -0.25) is 0 Å². The molecule has 0 spiro atoms. The summed E-state index contributed by atoms with van der Waals surface area (Å²) in [7, 11) is 0. The van der Waals surface area contributed by atoms with Crippen molar-refractivity contribution >= 4 is 23.2 Å². The van der Waals surface area contributed by atoms with Crippen molar-refractivity contribution < 1.29 is 5.11 Å². The number of hydrogen-bond donors (Lipinski definition) is 2. The van der Waals surface area contributed by atoms with E-state index in [0.29, 0.717) is 16.1 Å². The molecule has 0 amide bonds. The van der Waals surface area contributed by atoms with Crippen molar-refractivity contribution in [3.63, 3.8) is 0 Å². The molecule has 1 aliphatic rings. The van der Waals surface area contributed by atoms with E-state index in [4.69, 9.17) is 23.2 Å². The Morgan fingerprint density at radius 3 is 2.45 bits per heavy atom. The molecule has 0 radical (unpaired) electrons. The SMILES string of the molecule is CC(CO)(NC1CCCCCC1)c1cc(Cl)ccc1Cl. The number of aliphatic hydroxyl groups excluding tert-OH is 1. The number of benzene rings is 1. The molecular weight excluding hydrogens is 293 g/mol. The summed E-state index contributed by atoms with van der Waals surface area (Å²) in [4.78, 5) is 0. The molecule has 2 rings (SSSR count). The molecule has 112 valence electrons. The summed E-state index contributed by atoms with van der Waals surface area (Å²) < 4.78 is 0. The molecule has 0 saturated heterocycles. The van der Waals surface area contributed by atoms with Gasteiger partial charge in [0.25, 0.3) is 0 Å². The van der Waals surface area contributed by atoms with Gasteiger partial charge in [-0.25, -0.2) is 0 Å². The fraction of sp³-hybridized carbons (Fsp3) is 0.625. The molecule has 2 nitrogen and oxygen atoms in total. The van der Waals surface area contributed by atoms with E-state index in [9.17, 15) is 5.11 Å². The van der Waals surface area contributed by atoms with Crippen LogP contribution in [-0.2, 0) is 5.54 Å². The minimum absolute atomic E-state index is 0.00353. The first kappa shape index (κ1) is 16.1. The van der Waals surface area contributed by atoms with Crippen molar-refractivity contribution in [3.8, 4) is 0 Å². The van der Waals surface area contributed by atoms with Gasteiger partial charge < -0.3 is 10.4 Å². The molecule has 1 saturated carbocycles. The second-order valence-electron chi connectivity index (χ2n) is 5.95. The van der Waals surface area contributed by atoms with E-state index in [-0.39, 0.29) is 6.61 Å². The molecule has 1 atom stereocenters. The first-order valence-electron chi connectivity index (χ1n) is 7.39. The van der Waals surface area contributed by atoms with Crippen LogP contribution in [0, 0.1) is 0 Å². The Kier molecular flexibility index (Phi) is 5.74. The van der Waals surface area contributed by atoms with Crippen LogP contribution in [-0.4, -0.2) is 17.8 Å². The molecule has 2 N–H and O–H groups in total. The van der Waals surface area contributed by atoms with Gasteiger partial charge in [-0.05, 0) is 43.5 Å². The standard InChI is InChI=1S/C16H23Cl2NO/c1-16(11-20,14-10-12(17)8-9-15(14)18)19-13-6-4-2-3-5-7-13/h8-10,13,19-20H,2-7,11H2,1H3. The lowest BCUT2D eigenvalue weighted by Gasteiger charge is -2.34. The van der Waals surface area contributed by atoms with Crippen molar-refractivity contribution in [2.75, 3.05) is 6.61 Å². The normalized spacial score (nSPS) is 20.4. The maximum absolute atomic E-state index is 9.89. The Hall–Kier alpha value is -0.280. The molecule has 0 aromatic heterocycles. The summed E-state index contributed by atoms with van der Waals surface area (Å²) in [6.07, 6.45) is 7.45. The van der Waals surface area contributed by atoms with Crippen LogP contribution in [0.1, 0.15) is 51.0 Å². The number of nitrogens with one attached hydrogen (secondary N) is 1. The predicted molar refractivity (Wildman–Crippen MR) is 85.5 cm³/mol. The van der Waals surface area contributed by atoms with E-state index in [0.717, 1.165) is 18.4 Å². The summed E-state index contributed by atoms with van der Waals surface area (Å²) in [5, 5.41) is 14.8. The topological polar surface area (TPSA) is 32.3 Å². The van der Waals surface area contributed by atoms with Crippen LogP contribution in [0.25, 0.3) is 0 Å². The third-order valence-electron chi connectivity index (χ3n) is 4.22. The predicted octanol–water partition coefficient (Wildman–Crippen LogP) is 4.51. The van der Waals surface area contributed by atoms with Crippen LogP contribution in [0.5, 0.6) is 0 Å². The average Bonchev–Trinajstić information content (AvgIpc) is 2.70. The number of hydrogen-bond acceptors (Lipinski definition) is 2. The quantitative estimate of drug-likeness (QED) is 0.801. The fourth-order valence-corrected chi connectivity index (χ4v) is 3.50. The van der Waals surface area contributed by atoms with Crippen LogP contribution >= 0.6 is 23.2 Å². The summed E-state index contributed by atoms with van der Waals surface area (Å²) >= 11 is 12.4. The van der Waals surface area contributed by atoms with E-state index in [1.807, 2.05) is 13.0 Å². The molecule has 0 bridgehead atoms. The first-order valence-corrected chi connectivity index (χ1v) is 8.15. The van der Waals surface area contributed by atoms with Gasteiger partial charge in [0.1, 0.15) is 0 Å². The van der Waals surface area contributed by atoms with Gasteiger partial charge in [-0.2, -0.15) is 0 Å². The number of halogens is 2. The van der Waals surface area contributed by atoms with Crippen molar-refractivity contribution in [3.05, 3.63) is 33.8 Å². The summed E-state index contributed by atoms with van der Waals surface area (Å²) in [5.74, 6) is 0. The van der Waals surface area contributed by atoms with Crippen molar-refractivity contribution in [1.29, 1.82) is 0 Å². The van der Waals surface area contributed by atoms with Crippen LogP contribution < -0.4 is 5.32 Å². The minimum atomic E-state index is -0.545. The van der Waals surface area contributed by atoms with Crippen LogP contribution in [0.15, 0.2) is 18.2 Å². The zero-order valence-corrected chi connectivity index (χ0v) is 13.5. The molecule has 1 fully saturated rings. The van der Waals surface area contributed by atoms with Crippen LogP contribution in [0.3, 0.4) is 0 Å². The summed E-state index contributed by atoms with van der Waals surface area (Å²) in [5.41, 5.74) is 0.329. The third kappa shape index (κ3) is 3.88. The van der Waals surface area contributed by atoms with Crippen molar-refractivity contribution in [1.82, 2.24) is 5.32 Å². The van der Waals surface area contributed by atoms with E-state index < -0.39 is 5.54 Å². The Balaban J connectivity index is 2.21. The highest BCUT2D eigenvalue weighted by Gasteiger charge is 2.31. The second-order valence-corrected chi connectivity index (χ2v) is 6.79. The molecular formula is C16H23Cl2NO. The zero-order chi connectivity index (χ0) is 14.6. The molecule has 1 aliphatic carbocycles. The lowest BCUT2D eigenvalue weighted by molar-refractivity contribution is 0.157. The monoisotopic (exact) mass is 315 g/mol. The molecule has 0 aliphatic heterocycles. The van der Waals surface area contributed by atoms with Crippen molar-refractivity contribution in [2.24, 2.45) is 0 Å². The largest absolute Gasteiger partial charge is 0.394 e. The summed E-state index contributed by atoms with van der Waals surface area (Å²) in [6, 6.07) is 5.85. The smallest absolute Gasteiger partial charge is 0.0657 e. The molecule has 0 heterocycles. The van der Waals surface area contributed by atoms with Gasteiger partial charge >= 0.3 is 0 Å². The Bertz CT molecular complexity index is 444. The van der Waals surface area contributed by atoms with Crippen molar-refractivity contribution in [2.45, 2.75) is 57.0 Å². The molecule has 1 unspecified atom stereocenters. The Labute approximate surface area is 131 Å². The lowest BCUT2D eigenvalue weighted by Crippen LogP contribution is -2.48. The fourth-order valence-electron chi connectivity index (χ4n) is 3.00. The number of rotatable bonds is 4. The maximum Gasteiger partial charge on any atom is 0.0657 e. The van der Waals surface area contributed by atoms with Crippen LogP contribution in [0.2, 0.25) is 10.0 Å². The van der Waals surface area contributed by atoms with Gasteiger partial charge in [-0.15, -0.1) is 0 Å². The number of aliphatic hydroxyl groups is 1. The Morgan fingerprint density at radius 1 is 1.20 bits per heavy atom. The average molecular weight is 316 g/mol. The third-order valence-corrected chi connectivity index (χ3v) is 4.78. The molecule has 4 heteroatoms. The highest BCUT2D eigenvalue weighted by Crippen LogP contribution is 2.32. The van der Waals surface area contributed by atoms with E-state index >= 15 is 0 Å². The molecule has 1 aromatic carbocycles. The highest BCUT2D eigenvalue weighted by molar-refractivity contribution is 6.33. The highest BCUT2D eigenvalue weighted by atomic mass is 35.5. The van der Waals surface area contributed by atoms with Gasteiger partial charge in [0, 0.05) is 16.1 Å². The lowest BCUT2D eigenvalue weighted by atomic mass is 9.90. The molecule has 20 heavy (non-hydrogen) atoms. The zero-order valence-electron chi connectivity index (χ0n) is 12.0. The van der Waals surface area contributed by atoms with Crippen LogP contribution in [0.4, 0.5) is 0 Å². The molecule has 1 aromatic rings. The van der Waals surface area contributed by atoms with E-state index in [1.54, 1.807) is 12.1 Å². The van der Waals surface area contributed by atoms with Gasteiger partial charge in [0.05, 0.1) is 12.1 Å². The van der Waals surface area contributed by atoms with Gasteiger partial charge in [0.15, 0.2) is 0 Å². The summed E-state index contributed by atoms with van der Waals surface area (Å²) in [6.45, 7) is 2.00. The maximum atomic E-state index is 9.89. The Morgan fingerprint density at radius 2 is 1.85 bits per heavy atom. The minimum Gasteiger partial charge on any atom is -0.394 e. The van der Waals surface area contributed by atoms with Gasteiger partial charge in [-0.1, -0.05) is 48.9 Å². The van der Waals surface area contributed by atoms with Gasteiger partial charge in [0.2, 0.25) is 0 Å². The van der Waals surface area contributed by atoms with E-state index in [2.05, 4.69) is 5.32 Å². The second kappa shape index (κ2) is 7.13. The first-order chi connectivity index (χ1) is 9.55.